The van der Waals surface area contributed by atoms with Gasteiger partial charge in [-0.2, -0.15) is 0 Å². The van der Waals surface area contributed by atoms with Gasteiger partial charge in [0.1, 0.15) is 0 Å². The van der Waals surface area contributed by atoms with Crippen molar-refractivity contribution in [2.45, 2.75) is 54.4 Å². The molecule has 0 atom stereocenters. The SMILES string of the molecule is CC.CCC.CCCO.Cc1ccc(C#CC=O)cc1. The molecule has 0 saturated carbocycles. The van der Waals surface area contributed by atoms with Crippen molar-refractivity contribution in [3.05, 3.63) is 35.4 Å². The summed E-state index contributed by atoms with van der Waals surface area (Å²) in [5.74, 6) is 5.06. The molecule has 0 aliphatic heterocycles. The minimum absolute atomic E-state index is 0.319. The molecule has 0 spiro atoms. The normalized spacial score (nSPS) is 7.15. The van der Waals surface area contributed by atoms with Crippen LogP contribution >= 0.6 is 0 Å². The van der Waals surface area contributed by atoms with Crippen LogP contribution in [0.3, 0.4) is 0 Å². The molecule has 0 aliphatic rings. The molecule has 1 rings (SSSR count). The number of carbonyl (C=O) groups excluding carboxylic acids is 1. The van der Waals surface area contributed by atoms with E-state index in [1.165, 1.54) is 12.0 Å². The first kappa shape index (κ1) is 23.5. The molecule has 0 saturated heterocycles. The summed E-state index contributed by atoms with van der Waals surface area (Å²) < 4.78 is 0. The fraction of sp³-hybridized carbons (Fsp3) is 0.500. The summed E-state index contributed by atoms with van der Waals surface area (Å²) >= 11 is 0. The van der Waals surface area contributed by atoms with Gasteiger partial charge >= 0.3 is 0 Å². The Morgan fingerprint density at radius 3 is 1.80 bits per heavy atom. The van der Waals surface area contributed by atoms with Crippen LogP contribution < -0.4 is 0 Å². The number of hydrogen-bond acceptors (Lipinski definition) is 2. The van der Waals surface area contributed by atoms with Crippen molar-refractivity contribution < 1.29 is 9.90 Å². The quantitative estimate of drug-likeness (QED) is 0.611. The Morgan fingerprint density at radius 2 is 1.50 bits per heavy atom. The van der Waals surface area contributed by atoms with Crippen molar-refractivity contribution in [1.29, 1.82) is 0 Å². The van der Waals surface area contributed by atoms with E-state index in [1.807, 2.05) is 52.0 Å². The summed E-state index contributed by atoms with van der Waals surface area (Å²) in [5.41, 5.74) is 2.07. The number of aryl methyl sites for hydroxylation is 1. The maximum atomic E-state index is 9.87. The van der Waals surface area contributed by atoms with Crippen LogP contribution in [0.5, 0.6) is 0 Å². The van der Waals surface area contributed by atoms with Gasteiger partial charge in [0.2, 0.25) is 0 Å². The number of aldehydes is 1. The number of carbonyl (C=O) groups is 1. The van der Waals surface area contributed by atoms with E-state index in [0.717, 1.165) is 12.0 Å². The van der Waals surface area contributed by atoms with Crippen molar-refractivity contribution in [2.24, 2.45) is 0 Å². The van der Waals surface area contributed by atoms with Gasteiger partial charge in [-0.15, -0.1) is 0 Å². The largest absolute Gasteiger partial charge is 0.396 e. The highest BCUT2D eigenvalue weighted by Gasteiger charge is 1.84. The van der Waals surface area contributed by atoms with Gasteiger partial charge in [0.05, 0.1) is 0 Å². The number of aliphatic hydroxyl groups is 1. The molecular formula is C18H30O2. The first-order valence-electron chi connectivity index (χ1n) is 7.28. The second-order valence-corrected chi connectivity index (χ2v) is 3.68. The van der Waals surface area contributed by atoms with E-state index in [1.54, 1.807) is 0 Å². The molecule has 0 aliphatic carbocycles. The lowest BCUT2D eigenvalue weighted by Gasteiger charge is -1.89. The van der Waals surface area contributed by atoms with E-state index in [4.69, 9.17) is 5.11 Å². The molecule has 1 aromatic rings. The zero-order valence-corrected chi connectivity index (χ0v) is 13.9. The van der Waals surface area contributed by atoms with E-state index in [9.17, 15) is 4.79 Å². The van der Waals surface area contributed by atoms with Gasteiger partial charge < -0.3 is 5.11 Å². The molecular weight excluding hydrogens is 248 g/mol. The smallest absolute Gasteiger partial charge is 0.193 e. The molecule has 1 N–H and O–H groups in total. The number of hydrogen-bond donors (Lipinski definition) is 1. The Balaban J connectivity index is -0.000000269. The summed E-state index contributed by atoms with van der Waals surface area (Å²) in [6.07, 6.45) is 2.72. The molecule has 0 fully saturated rings. The molecule has 0 amide bonds. The van der Waals surface area contributed by atoms with Crippen LogP contribution in [-0.2, 0) is 4.79 Å². The second-order valence-electron chi connectivity index (χ2n) is 3.68. The highest BCUT2D eigenvalue weighted by atomic mass is 16.2. The topological polar surface area (TPSA) is 37.3 Å². The predicted molar refractivity (Wildman–Crippen MR) is 88.8 cm³/mol. The van der Waals surface area contributed by atoms with Crippen molar-refractivity contribution in [1.82, 2.24) is 0 Å². The van der Waals surface area contributed by atoms with Crippen LogP contribution in [0.15, 0.2) is 24.3 Å². The summed E-state index contributed by atoms with van der Waals surface area (Å²) in [6.45, 7) is 12.5. The van der Waals surface area contributed by atoms with Crippen LogP contribution in [0.1, 0.15) is 58.6 Å². The summed E-state index contributed by atoms with van der Waals surface area (Å²) in [7, 11) is 0. The Bertz CT molecular complexity index is 340. The molecule has 2 nitrogen and oxygen atoms in total. The first-order chi connectivity index (χ1) is 9.65. The average molecular weight is 278 g/mol. The van der Waals surface area contributed by atoms with Gasteiger partial charge in [0, 0.05) is 12.2 Å². The number of benzene rings is 1. The van der Waals surface area contributed by atoms with Crippen LogP contribution in [0.25, 0.3) is 0 Å². The van der Waals surface area contributed by atoms with Crippen LogP contribution in [0.2, 0.25) is 0 Å². The molecule has 20 heavy (non-hydrogen) atoms. The number of aliphatic hydroxyl groups excluding tert-OH is 1. The highest BCUT2D eigenvalue weighted by Crippen LogP contribution is 2.00. The molecule has 2 heteroatoms. The molecule has 0 radical (unpaired) electrons. The zero-order chi connectivity index (χ0) is 16.2. The third-order valence-electron chi connectivity index (χ3n) is 1.55. The third kappa shape index (κ3) is 21.7. The van der Waals surface area contributed by atoms with E-state index in [0.29, 0.717) is 12.9 Å². The summed E-state index contributed by atoms with van der Waals surface area (Å²) in [5, 5.41) is 7.88. The minimum atomic E-state index is 0.319. The lowest BCUT2D eigenvalue weighted by Crippen LogP contribution is -1.74. The molecule has 114 valence electrons. The van der Waals surface area contributed by atoms with E-state index < -0.39 is 0 Å². The van der Waals surface area contributed by atoms with Crippen molar-refractivity contribution >= 4 is 6.29 Å². The maximum absolute atomic E-state index is 9.87. The van der Waals surface area contributed by atoms with Gasteiger partial charge in [-0.05, 0) is 31.4 Å². The molecule has 0 bridgehead atoms. The molecule has 0 heterocycles. The van der Waals surface area contributed by atoms with Gasteiger partial charge in [0.25, 0.3) is 0 Å². The highest BCUT2D eigenvalue weighted by molar-refractivity contribution is 5.73. The summed E-state index contributed by atoms with van der Waals surface area (Å²) in [6, 6.07) is 7.72. The van der Waals surface area contributed by atoms with Crippen molar-refractivity contribution in [2.75, 3.05) is 6.61 Å². The zero-order valence-electron chi connectivity index (χ0n) is 13.9. The minimum Gasteiger partial charge on any atom is -0.396 e. The predicted octanol–water partition coefficient (Wildman–Crippen LogP) is 4.38. The van der Waals surface area contributed by atoms with Gasteiger partial charge in [-0.1, -0.05) is 64.7 Å². The van der Waals surface area contributed by atoms with Gasteiger partial charge in [-0.3, -0.25) is 4.79 Å². The second kappa shape index (κ2) is 22.6. The number of rotatable bonds is 1. The van der Waals surface area contributed by atoms with Crippen LogP contribution in [-0.4, -0.2) is 18.0 Å². The van der Waals surface area contributed by atoms with Gasteiger partial charge in [-0.25, -0.2) is 0 Å². The summed E-state index contributed by atoms with van der Waals surface area (Å²) in [4.78, 5) is 9.87. The molecule has 1 aromatic carbocycles. The Labute approximate surface area is 125 Å². The maximum Gasteiger partial charge on any atom is 0.193 e. The lowest BCUT2D eigenvalue weighted by molar-refractivity contribution is -0.103. The van der Waals surface area contributed by atoms with E-state index in [-0.39, 0.29) is 0 Å². The van der Waals surface area contributed by atoms with Crippen molar-refractivity contribution in [3.63, 3.8) is 0 Å². The molecule has 0 unspecified atom stereocenters. The van der Waals surface area contributed by atoms with E-state index >= 15 is 0 Å². The molecule has 0 aromatic heterocycles. The van der Waals surface area contributed by atoms with E-state index in [2.05, 4.69) is 25.7 Å². The Hall–Kier alpha value is -1.59. The van der Waals surface area contributed by atoms with Crippen LogP contribution in [0.4, 0.5) is 0 Å². The van der Waals surface area contributed by atoms with Gasteiger partial charge in [0.15, 0.2) is 6.29 Å². The average Bonchev–Trinajstić information content (AvgIpc) is 2.50. The fourth-order valence-corrected chi connectivity index (χ4v) is 0.750. The lowest BCUT2D eigenvalue weighted by atomic mass is 10.2. The third-order valence-corrected chi connectivity index (χ3v) is 1.55. The Morgan fingerprint density at radius 1 is 1.10 bits per heavy atom. The standard InChI is InChI=1S/C10H8O.C3H8O.C3H8.C2H6/c1-9-4-6-10(7-5-9)3-2-8-11;1-2-3-4;1-3-2;1-2/h4-8H,1H3;4H,2-3H2,1H3;3H2,1-2H3;1-2H3. The Kier molecular flexibility index (Phi) is 26.5. The van der Waals surface area contributed by atoms with Crippen LogP contribution in [0, 0.1) is 18.8 Å². The monoisotopic (exact) mass is 278 g/mol. The first-order valence-corrected chi connectivity index (χ1v) is 7.28. The fourth-order valence-electron chi connectivity index (χ4n) is 0.750. The van der Waals surface area contributed by atoms with Crippen molar-refractivity contribution in [3.8, 4) is 11.8 Å².